The van der Waals surface area contributed by atoms with Crippen LogP contribution in [0.5, 0.6) is 5.75 Å². The molecule has 0 unspecified atom stereocenters. The molecule has 0 saturated carbocycles. The van der Waals surface area contributed by atoms with Crippen molar-refractivity contribution >= 4 is 22.6 Å². The van der Waals surface area contributed by atoms with Crippen LogP contribution in [0.15, 0.2) is 42.5 Å². The van der Waals surface area contributed by atoms with Crippen LogP contribution in [0, 0.1) is 0 Å². The van der Waals surface area contributed by atoms with Gasteiger partial charge in [-0.1, -0.05) is 4.85 Å². The zero-order valence-electron chi connectivity index (χ0n) is 16.7. The van der Waals surface area contributed by atoms with Gasteiger partial charge in [0.25, 0.3) is 0 Å². The highest BCUT2D eigenvalue weighted by atomic mass is 19.4. The van der Waals surface area contributed by atoms with Crippen molar-refractivity contribution in [3.05, 3.63) is 42.5 Å². The minimum Gasteiger partial charge on any atom is -0.490 e. The van der Waals surface area contributed by atoms with E-state index in [-0.39, 0.29) is 11.6 Å². The fourth-order valence-electron chi connectivity index (χ4n) is 3.51. The Morgan fingerprint density at radius 2 is 1.81 bits per heavy atom. The second-order valence-electron chi connectivity index (χ2n) is 7.52. The van der Waals surface area contributed by atoms with E-state index in [9.17, 15) is 18.0 Å². The standard InChI is InChI=1S/C21H21F3N4O3/c1-27-10-8-16(9-11-27)30-15-5-2-13(3-6-15)19-17-12-14(25)4-7-18(17)28(26-19)31-20(29)21(22,23)24/h2-7,12,16H,8-11,25H2,1H3. The van der Waals surface area contributed by atoms with E-state index in [0.717, 1.165) is 25.9 Å². The van der Waals surface area contributed by atoms with Crippen molar-refractivity contribution in [2.75, 3.05) is 25.9 Å². The van der Waals surface area contributed by atoms with Crippen molar-refractivity contribution in [2.24, 2.45) is 0 Å². The Hall–Kier alpha value is -3.27. The van der Waals surface area contributed by atoms with E-state index >= 15 is 0 Å². The Labute approximate surface area is 176 Å². The number of benzene rings is 2. The lowest BCUT2D eigenvalue weighted by molar-refractivity contribution is -0.200. The van der Waals surface area contributed by atoms with Crippen LogP contribution in [-0.2, 0) is 4.79 Å². The minimum atomic E-state index is -5.14. The largest absolute Gasteiger partial charge is 0.493 e. The summed E-state index contributed by atoms with van der Waals surface area (Å²) in [6, 6.07) is 11.6. The molecule has 0 amide bonds. The van der Waals surface area contributed by atoms with E-state index in [2.05, 4.69) is 21.9 Å². The van der Waals surface area contributed by atoms with Crippen LogP contribution in [0.1, 0.15) is 12.8 Å². The fraction of sp³-hybridized carbons (Fsp3) is 0.333. The predicted molar refractivity (Wildman–Crippen MR) is 108 cm³/mol. The molecule has 1 aliphatic rings. The summed E-state index contributed by atoms with van der Waals surface area (Å²) in [5.41, 5.74) is 7.38. The van der Waals surface area contributed by atoms with Gasteiger partial charge in [-0.15, -0.1) is 5.10 Å². The summed E-state index contributed by atoms with van der Waals surface area (Å²) in [5, 5.41) is 4.54. The zero-order valence-corrected chi connectivity index (χ0v) is 16.7. The van der Waals surface area contributed by atoms with E-state index in [4.69, 9.17) is 10.5 Å². The van der Waals surface area contributed by atoms with Gasteiger partial charge in [0.15, 0.2) is 0 Å². The normalized spacial score (nSPS) is 15.9. The first-order valence-electron chi connectivity index (χ1n) is 9.74. The highest BCUT2D eigenvalue weighted by molar-refractivity contribution is 5.95. The number of hydrogen-bond donors (Lipinski definition) is 1. The van der Waals surface area contributed by atoms with Gasteiger partial charge in [-0.3, -0.25) is 0 Å². The molecule has 0 aliphatic carbocycles. The second kappa shape index (κ2) is 8.10. The first-order chi connectivity index (χ1) is 14.7. The molecule has 1 aliphatic heterocycles. The number of carbonyl (C=O) groups excluding carboxylic acids is 1. The molecule has 1 fully saturated rings. The number of ether oxygens (including phenoxy) is 1. The maximum Gasteiger partial charge on any atom is 0.493 e. The summed E-state index contributed by atoms with van der Waals surface area (Å²) >= 11 is 0. The van der Waals surface area contributed by atoms with Gasteiger partial charge >= 0.3 is 12.1 Å². The maximum atomic E-state index is 12.6. The molecule has 1 saturated heterocycles. The summed E-state index contributed by atoms with van der Waals surface area (Å²) in [6.07, 6.45) is -3.11. The lowest BCUT2D eigenvalue weighted by Crippen LogP contribution is -2.35. The Morgan fingerprint density at radius 3 is 2.45 bits per heavy atom. The molecule has 1 aromatic heterocycles. The molecule has 0 spiro atoms. The molecule has 10 heteroatoms. The zero-order chi connectivity index (χ0) is 22.2. The highest BCUT2D eigenvalue weighted by Crippen LogP contribution is 2.31. The van der Waals surface area contributed by atoms with Crippen molar-refractivity contribution in [3.63, 3.8) is 0 Å². The number of piperidine rings is 1. The molecule has 164 valence electrons. The summed E-state index contributed by atoms with van der Waals surface area (Å²) in [4.78, 5) is 18.6. The molecule has 0 bridgehead atoms. The number of nitrogen functional groups attached to an aromatic ring is 1. The number of likely N-dealkylation sites (tertiary alicyclic amines) is 1. The average Bonchev–Trinajstić information content (AvgIpc) is 3.07. The molecular formula is C21H21F3N4O3. The highest BCUT2D eigenvalue weighted by Gasteiger charge is 2.42. The monoisotopic (exact) mass is 434 g/mol. The first-order valence-corrected chi connectivity index (χ1v) is 9.74. The number of nitrogens with zero attached hydrogens (tertiary/aromatic N) is 3. The molecule has 2 aromatic carbocycles. The third-order valence-corrected chi connectivity index (χ3v) is 5.17. The van der Waals surface area contributed by atoms with Gasteiger partial charge in [-0.2, -0.15) is 13.2 Å². The summed E-state index contributed by atoms with van der Waals surface area (Å²) in [7, 11) is 2.08. The average molecular weight is 434 g/mol. The van der Waals surface area contributed by atoms with E-state index in [1.165, 1.54) is 12.1 Å². The SMILES string of the molecule is CN1CCC(Oc2ccc(-c3nn(OC(=O)C(F)(F)F)c4ccc(N)cc34)cc2)CC1. The third-order valence-electron chi connectivity index (χ3n) is 5.17. The van der Waals surface area contributed by atoms with Crippen LogP contribution in [-0.4, -0.2) is 53.2 Å². The number of rotatable bonds is 4. The topological polar surface area (TPSA) is 82.6 Å². The number of aromatic nitrogens is 2. The van der Waals surface area contributed by atoms with Crippen LogP contribution < -0.4 is 15.3 Å². The molecule has 4 rings (SSSR count). The smallest absolute Gasteiger partial charge is 0.490 e. The van der Waals surface area contributed by atoms with Crippen molar-refractivity contribution in [2.45, 2.75) is 25.1 Å². The lowest BCUT2D eigenvalue weighted by Gasteiger charge is -2.29. The summed E-state index contributed by atoms with van der Waals surface area (Å²) < 4.78 is 43.9. The molecule has 3 aromatic rings. The third kappa shape index (κ3) is 4.58. The van der Waals surface area contributed by atoms with Gasteiger partial charge < -0.3 is 20.2 Å². The number of fused-ring (bicyclic) bond motifs is 1. The maximum absolute atomic E-state index is 12.6. The number of alkyl halides is 3. The predicted octanol–water partition coefficient (Wildman–Crippen LogP) is 3.28. The Morgan fingerprint density at radius 1 is 1.13 bits per heavy atom. The number of carbonyl (C=O) groups is 1. The van der Waals surface area contributed by atoms with Gasteiger partial charge in [0.2, 0.25) is 0 Å². The summed E-state index contributed by atoms with van der Waals surface area (Å²) in [5.74, 6) is -1.66. The van der Waals surface area contributed by atoms with Crippen LogP contribution in [0.25, 0.3) is 22.2 Å². The molecule has 0 radical (unpaired) electrons. The van der Waals surface area contributed by atoms with Crippen molar-refractivity contribution < 1.29 is 27.5 Å². The van der Waals surface area contributed by atoms with Crippen molar-refractivity contribution in [3.8, 4) is 17.0 Å². The Balaban J connectivity index is 1.61. The molecule has 31 heavy (non-hydrogen) atoms. The molecule has 2 N–H and O–H groups in total. The van der Waals surface area contributed by atoms with Gasteiger partial charge in [-0.05, 0) is 62.4 Å². The number of halogens is 3. The molecule has 0 atom stereocenters. The summed E-state index contributed by atoms with van der Waals surface area (Å²) in [6.45, 7) is 1.95. The molecule has 2 heterocycles. The Bertz CT molecular complexity index is 1090. The van der Waals surface area contributed by atoms with Gasteiger partial charge in [0.05, 0.1) is 0 Å². The minimum absolute atomic E-state index is 0.142. The quantitative estimate of drug-likeness (QED) is 0.635. The van der Waals surface area contributed by atoms with Crippen LogP contribution >= 0.6 is 0 Å². The van der Waals surface area contributed by atoms with Gasteiger partial charge in [0.1, 0.15) is 23.1 Å². The molecule has 7 nitrogen and oxygen atoms in total. The van der Waals surface area contributed by atoms with E-state index in [1.54, 1.807) is 30.3 Å². The van der Waals surface area contributed by atoms with E-state index in [0.29, 0.717) is 32.9 Å². The number of anilines is 1. The fourth-order valence-corrected chi connectivity index (χ4v) is 3.51. The van der Waals surface area contributed by atoms with Crippen molar-refractivity contribution in [1.29, 1.82) is 0 Å². The lowest BCUT2D eigenvalue weighted by atomic mass is 10.1. The van der Waals surface area contributed by atoms with Gasteiger partial charge in [0, 0.05) is 29.7 Å². The number of nitrogens with two attached hydrogens (primary N) is 1. The van der Waals surface area contributed by atoms with Crippen LogP contribution in [0.2, 0.25) is 0 Å². The number of hydrogen-bond acceptors (Lipinski definition) is 6. The molecular weight excluding hydrogens is 413 g/mol. The second-order valence-corrected chi connectivity index (χ2v) is 7.52. The Kier molecular flexibility index (Phi) is 5.48. The van der Waals surface area contributed by atoms with E-state index < -0.39 is 12.1 Å². The van der Waals surface area contributed by atoms with Crippen molar-refractivity contribution in [1.82, 2.24) is 14.8 Å². The van der Waals surface area contributed by atoms with Crippen LogP contribution in [0.4, 0.5) is 18.9 Å². The van der Waals surface area contributed by atoms with E-state index in [1.807, 2.05) is 0 Å². The first kappa shape index (κ1) is 21.0. The van der Waals surface area contributed by atoms with Crippen LogP contribution in [0.3, 0.4) is 0 Å². The van der Waals surface area contributed by atoms with Gasteiger partial charge in [-0.25, -0.2) is 4.79 Å².